The van der Waals surface area contributed by atoms with Crippen LogP contribution in [-0.2, 0) is 14.4 Å². The molecule has 2 aliphatic carbocycles. The van der Waals surface area contributed by atoms with Crippen molar-refractivity contribution in [2.24, 2.45) is 23.7 Å². The van der Waals surface area contributed by atoms with Crippen LogP contribution < -0.4 is 10.1 Å². The molecule has 4 atom stereocenters. The number of benzene rings is 1. The molecule has 0 radical (unpaired) electrons. The van der Waals surface area contributed by atoms with E-state index in [9.17, 15) is 14.4 Å². The van der Waals surface area contributed by atoms with Crippen LogP contribution >= 0.6 is 0 Å². The van der Waals surface area contributed by atoms with Gasteiger partial charge < -0.3 is 10.1 Å². The summed E-state index contributed by atoms with van der Waals surface area (Å²) in [6, 6.07) is 7.01. The van der Waals surface area contributed by atoms with E-state index in [1.54, 1.807) is 31.4 Å². The summed E-state index contributed by atoms with van der Waals surface area (Å²) < 4.78 is 5.07. The number of hydrogen-bond acceptors (Lipinski definition) is 4. The number of hydrogen-bond donors (Lipinski definition) is 1. The smallest absolute Gasteiger partial charge is 0.233 e. The fraction of sp³-hybridized carbons (Fsp3) is 0.421. The highest BCUT2D eigenvalue weighted by molar-refractivity contribution is 6.06. The van der Waals surface area contributed by atoms with Crippen molar-refractivity contribution in [2.75, 3.05) is 19.0 Å². The summed E-state index contributed by atoms with van der Waals surface area (Å²) in [7, 11) is 1.58. The second kappa shape index (κ2) is 6.02. The minimum Gasteiger partial charge on any atom is -0.497 e. The van der Waals surface area contributed by atoms with E-state index in [0.717, 1.165) is 6.42 Å². The fourth-order valence-corrected chi connectivity index (χ4v) is 4.30. The van der Waals surface area contributed by atoms with E-state index < -0.39 is 0 Å². The van der Waals surface area contributed by atoms with Gasteiger partial charge in [0.05, 0.1) is 18.9 Å². The number of nitrogens with zero attached hydrogens (tertiary/aromatic N) is 1. The number of nitrogens with one attached hydrogen (secondary N) is 1. The van der Waals surface area contributed by atoms with Crippen molar-refractivity contribution in [3.63, 3.8) is 0 Å². The van der Waals surface area contributed by atoms with Crippen LogP contribution in [0.1, 0.15) is 12.8 Å². The number of carbonyl (C=O) groups excluding carboxylic acids is 3. The Morgan fingerprint density at radius 3 is 2.28 bits per heavy atom. The molecule has 1 heterocycles. The molecule has 0 aromatic heterocycles. The number of methoxy groups -OCH3 is 1. The second-order valence-corrected chi connectivity index (χ2v) is 6.85. The SMILES string of the molecule is COc1ccc(NC(=O)CCN2C(=O)[C@@H]3[C@H](C2=O)[C@H]2C=C[C@@H]3C2)cc1. The molecule has 4 rings (SSSR count). The number of ether oxygens (including phenoxy) is 1. The minimum atomic E-state index is -0.219. The molecule has 3 aliphatic rings. The topological polar surface area (TPSA) is 75.7 Å². The lowest BCUT2D eigenvalue weighted by atomic mass is 9.85. The van der Waals surface area contributed by atoms with Crippen molar-refractivity contribution in [3.05, 3.63) is 36.4 Å². The molecule has 2 bridgehead atoms. The van der Waals surface area contributed by atoms with E-state index in [1.807, 2.05) is 0 Å². The predicted octanol–water partition coefficient (Wildman–Crippen LogP) is 1.83. The standard InChI is InChI=1S/C19H20N2O4/c1-25-14-6-4-13(5-7-14)20-15(22)8-9-21-18(23)16-11-2-3-12(10-11)17(16)19(21)24/h2-7,11-12,16-17H,8-10H2,1H3,(H,20,22)/t11-,12+,16+,17-. The highest BCUT2D eigenvalue weighted by Gasteiger charge is 2.58. The Balaban J connectivity index is 1.34. The van der Waals surface area contributed by atoms with E-state index in [2.05, 4.69) is 17.5 Å². The molecule has 1 saturated carbocycles. The van der Waals surface area contributed by atoms with Crippen LogP contribution in [0.5, 0.6) is 5.75 Å². The lowest BCUT2D eigenvalue weighted by Gasteiger charge is -2.17. The van der Waals surface area contributed by atoms with Crippen LogP contribution in [0.3, 0.4) is 0 Å². The maximum atomic E-state index is 12.6. The number of imide groups is 1. The number of allylic oxidation sites excluding steroid dienone is 2. The molecular weight excluding hydrogens is 320 g/mol. The van der Waals surface area contributed by atoms with Gasteiger partial charge in [-0.05, 0) is 42.5 Å². The first kappa shape index (κ1) is 15.9. The third-order valence-electron chi connectivity index (χ3n) is 5.50. The number of likely N-dealkylation sites (tertiary alicyclic amines) is 1. The number of amides is 3. The molecule has 6 nitrogen and oxygen atoms in total. The second-order valence-electron chi connectivity index (χ2n) is 6.85. The van der Waals surface area contributed by atoms with Crippen LogP contribution in [0.25, 0.3) is 0 Å². The third kappa shape index (κ3) is 2.62. The summed E-state index contributed by atoms with van der Waals surface area (Å²) in [6.45, 7) is 0.145. The monoisotopic (exact) mass is 340 g/mol. The first-order valence-electron chi connectivity index (χ1n) is 8.56. The summed E-state index contributed by atoms with van der Waals surface area (Å²) in [5.74, 6) is 0.270. The van der Waals surface area contributed by atoms with Gasteiger partial charge in [-0.1, -0.05) is 12.2 Å². The Labute approximate surface area is 145 Å². The lowest BCUT2D eigenvalue weighted by molar-refractivity contribution is -0.140. The van der Waals surface area contributed by atoms with Crippen molar-refractivity contribution in [2.45, 2.75) is 12.8 Å². The van der Waals surface area contributed by atoms with Crippen LogP contribution in [0.4, 0.5) is 5.69 Å². The number of fused-ring (bicyclic) bond motifs is 5. The molecule has 1 aromatic carbocycles. The van der Waals surface area contributed by atoms with E-state index in [4.69, 9.17) is 4.74 Å². The van der Waals surface area contributed by atoms with Crippen molar-refractivity contribution in [3.8, 4) is 5.75 Å². The normalized spacial score (nSPS) is 29.2. The van der Waals surface area contributed by atoms with Crippen molar-refractivity contribution in [1.29, 1.82) is 0 Å². The van der Waals surface area contributed by atoms with Gasteiger partial charge in [0.1, 0.15) is 5.75 Å². The van der Waals surface area contributed by atoms with Gasteiger partial charge in [0.2, 0.25) is 17.7 Å². The summed E-state index contributed by atoms with van der Waals surface area (Å²) in [5, 5.41) is 2.77. The summed E-state index contributed by atoms with van der Waals surface area (Å²) in [4.78, 5) is 38.5. The predicted molar refractivity (Wildman–Crippen MR) is 90.7 cm³/mol. The molecule has 0 spiro atoms. The summed E-state index contributed by atoms with van der Waals surface area (Å²) in [5.41, 5.74) is 0.656. The molecule has 1 aliphatic heterocycles. The van der Waals surface area contributed by atoms with Crippen LogP contribution in [0, 0.1) is 23.7 Å². The quantitative estimate of drug-likeness (QED) is 0.655. The van der Waals surface area contributed by atoms with E-state index in [1.165, 1.54) is 4.90 Å². The Bertz CT molecular complexity index is 725. The minimum absolute atomic E-state index is 0.103. The Morgan fingerprint density at radius 1 is 1.12 bits per heavy atom. The Kier molecular flexibility index (Phi) is 3.82. The maximum absolute atomic E-state index is 12.6. The molecule has 1 N–H and O–H groups in total. The third-order valence-corrected chi connectivity index (χ3v) is 5.50. The highest BCUT2D eigenvalue weighted by Crippen LogP contribution is 2.52. The van der Waals surface area contributed by atoms with E-state index >= 15 is 0 Å². The number of anilines is 1. The molecule has 25 heavy (non-hydrogen) atoms. The Hall–Kier alpha value is -2.63. The van der Waals surface area contributed by atoms with E-state index in [0.29, 0.717) is 11.4 Å². The van der Waals surface area contributed by atoms with Gasteiger partial charge in [-0.15, -0.1) is 0 Å². The van der Waals surface area contributed by atoms with Gasteiger partial charge in [0.15, 0.2) is 0 Å². The Morgan fingerprint density at radius 2 is 1.72 bits per heavy atom. The maximum Gasteiger partial charge on any atom is 0.233 e. The summed E-state index contributed by atoms with van der Waals surface area (Å²) in [6.07, 6.45) is 5.15. The number of carbonyl (C=O) groups is 3. The van der Waals surface area contributed by atoms with Gasteiger partial charge >= 0.3 is 0 Å². The highest BCUT2D eigenvalue weighted by atomic mass is 16.5. The zero-order valence-corrected chi connectivity index (χ0v) is 14.0. The average Bonchev–Trinajstić information content (AvgIpc) is 3.29. The summed E-state index contributed by atoms with van der Waals surface area (Å²) >= 11 is 0. The largest absolute Gasteiger partial charge is 0.497 e. The van der Waals surface area contributed by atoms with Gasteiger partial charge in [-0.2, -0.15) is 0 Å². The van der Waals surface area contributed by atoms with Gasteiger partial charge in [-0.3, -0.25) is 19.3 Å². The van der Waals surface area contributed by atoms with Crippen molar-refractivity contribution >= 4 is 23.4 Å². The van der Waals surface area contributed by atoms with Crippen LogP contribution in [0.15, 0.2) is 36.4 Å². The zero-order chi connectivity index (χ0) is 17.6. The first-order valence-corrected chi connectivity index (χ1v) is 8.56. The molecule has 2 fully saturated rings. The molecule has 1 aromatic rings. The van der Waals surface area contributed by atoms with Crippen LogP contribution in [-0.4, -0.2) is 36.3 Å². The molecular formula is C19H20N2O4. The van der Waals surface area contributed by atoms with Crippen LogP contribution in [0.2, 0.25) is 0 Å². The van der Waals surface area contributed by atoms with Gasteiger partial charge in [0.25, 0.3) is 0 Å². The van der Waals surface area contributed by atoms with Crippen molar-refractivity contribution < 1.29 is 19.1 Å². The molecule has 130 valence electrons. The molecule has 1 saturated heterocycles. The first-order chi connectivity index (χ1) is 12.1. The molecule has 6 heteroatoms. The van der Waals surface area contributed by atoms with Crippen molar-refractivity contribution in [1.82, 2.24) is 4.90 Å². The average molecular weight is 340 g/mol. The number of rotatable bonds is 5. The van der Waals surface area contributed by atoms with Gasteiger partial charge in [-0.25, -0.2) is 0 Å². The van der Waals surface area contributed by atoms with Gasteiger partial charge in [0, 0.05) is 18.7 Å². The molecule has 0 unspecified atom stereocenters. The lowest BCUT2D eigenvalue weighted by Crippen LogP contribution is -2.35. The fourth-order valence-electron chi connectivity index (χ4n) is 4.30. The zero-order valence-electron chi connectivity index (χ0n) is 14.0. The molecule has 3 amide bonds. The van der Waals surface area contributed by atoms with E-state index in [-0.39, 0.29) is 54.4 Å².